The van der Waals surface area contributed by atoms with Crippen LogP contribution in [-0.2, 0) is 10.3 Å². The number of carboxylic acid groups (broad SMARTS) is 1. The van der Waals surface area contributed by atoms with Gasteiger partial charge in [0.05, 0.1) is 5.69 Å². The van der Waals surface area contributed by atoms with Gasteiger partial charge in [0, 0.05) is 18.8 Å². The largest absolute Gasteiger partial charge is 0.480 e. The zero-order valence-electron chi connectivity index (χ0n) is 10.5. The number of likely N-dealkylation sites (tertiary alicyclic amines) is 1. The number of rotatable bonds is 3. The summed E-state index contributed by atoms with van der Waals surface area (Å²) in [6.45, 7) is 2.68. The number of piperidine rings is 1. The predicted octanol–water partition coefficient (Wildman–Crippen LogP) is 1.87. The summed E-state index contributed by atoms with van der Waals surface area (Å²) in [6.07, 6.45) is 5.19. The van der Waals surface area contributed by atoms with Crippen LogP contribution in [0.25, 0.3) is 0 Å². The van der Waals surface area contributed by atoms with E-state index in [-0.39, 0.29) is 0 Å². The first-order valence-electron chi connectivity index (χ1n) is 6.54. The van der Waals surface area contributed by atoms with Gasteiger partial charge in [0.15, 0.2) is 5.54 Å². The Balaban J connectivity index is 2.00. The second-order valence-electron chi connectivity index (χ2n) is 5.58. The second-order valence-corrected chi connectivity index (χ2v) is 5.58. The maximum absolute atomic E-state index is 11.8. The van der Waals surface area contributed by atoms with Crippen molar-refractivity contribution >= 4 is 5.97 Å². The normalized spacial score (nSPS) is 30.3. The van der Waals surface area contributed by atoms with E-state index < -0.39 is 11.5 Å². The van der Waals surface area contributed by atoms with Crippen LogP contribution in [0.1, 0.15) is 31.9 Å². The van der Waals surface area contributed by atoms with Gasteiger partial charge in [-0.05, 0) is 44.2 Å². The number of fused-ring (bicyclic) bond motifs is 2. The first-order valence-corrected chi connectivity index (χ1v) is 6.54. The number of nitrogens with zero attached hydrogens (tertiary/aromatic N) is 2. The maximum Gasteiger partial charge on any atom is 0.330 e. The van der Waals surface area contributed by atoms with Crippen molar-refractivity contribution in [2.45, 2.75) is 37.8 Å². The lowest BCUT2D eigenvalue weighted by molar-refractivity contribution is -0.153. The summed E-state index contributed by atoms with van der Waals surface area (Å²) in [5.74, 6) is -0.119. The van der Waals surface area contributed by atoms with Crippen molar-refractivity contribution in [2.24, 2.45) is 5.92 Å². The van der Waals surface area contributed by atoms with Crippen LogP contribution >= 0.6 is 0 Å². The number of pyridine rings is 1. The lowest BCUT2D eigenvalue weighted by Crippen LogP contribution is -2.53. The summed E-state index contributed by atoms with van der Waals surface area (Å²) in [6, 6.07) is 5.91. The molecule has 0 radical (unpaired) electrons. The van der Waals surface area contributed by atoms with Gasteiger partial charge in [-0.2, -0.15) is 0 Å². The molecule has 4 nitrogen and oxygen atoms in total. The third-order valence-corrected chi connectivity index (χ3v) is 4.56. The van der Waals surface area contributed by atoms with Gasteiger partial charge in [-0.15, -0.1) is 0 Å². The van der Waals surface area contributed by atoms with E-state index in [9.17, 15) is 9.90 Å². The molecule has 1 saturated heterocycles. The van der Waals surface area contributed by atoms with Gasteiger partial charge in [-0.25, -0.2) is 4.79 Å². The summed E-state index contributed by atoms with van der Waals surface area (Å²) in [7, 11) is 0. The molecule has 1 aliphatic heterocycles. The quantitative estimate of drug-likeness (QED) is 0.884. The molecule has 96 valence electrons. The fourth-order valence-corrected chi connectivity index (χ4v) is 3.50. The average Bonchev–Trinajstić information content (AvgIpc) is 3.01. The van der Waals surface area contributed by atoms with E-state index in [2.05, 4.69) is 9.88 Å². The Morgan fingerprint density at radius 1 is 1.50 bits per heavy atom. The second kappa shape index (κ2) is 4.05. The van der Waals surface area contributed by atoms with Crippen LogP contribution in [-0.4, -0.2) is 33.5 Å². The number of carbonyl (C=O) groups is 1. The van der Waals surface area contributed by atoms with Crippen LogP contribution in [0.15, 0.2) is 24.4 Å². The van der Waals surface area contributed by atoms with Gasteiger partial charge in [0.25, 0.3) is 0 Å². The molecule has 2 bridgehead atoms. The van der Waals surface area contributed by atoms with Crippen LogP contribution in [0.5, 0.6) is 0 Å². The molecule has 1 aromatic rings. The molecular weight excluding hydrogens is 228 g/mol. The Morgan fingerprint density at radius 2 is 2.33 bits per heavy atom. The van der Waals surface area contributed by atoms with E-state index in [0.717, 1.165) is 19.4 Å². The molecule has 2 aliphatic rings. The van der Waals surface area contributed by atoms with E-state index in [1.54, 1.807) is 13.1 Å². The maximum atomic E-state index is 11.8. The molecule has 3 rings (SSSR count). The van der Waals surface area contributed by atoms with Crippen LogP contribution in [0.2, 0.25) is 0 Å². The molecule has 0 spiro atoms. The van der Waals surface area contributed by atoms with Crippen molar-refractivity contribution in [1.82, 2.24) is 9.88 Å². The van der Waals surface area contributed by atoms with Crippen molar-refractivity contribution in [2.75, 3.05) is 6.54 Å². The standard InChI is InChI=1S/C14H18N2O2/c1-14(13(17)18,12-4-2-3-7-15-12)16-9-10-5-6-11(16)8-10/h2-4,7,10-11H,5-6,8-9H2,1H3,(H,17,18). The summed E-state index contributed by atoms with van der Waals surface area (Å²) in [4.78, 5) is 18.2. The summed E-state index contributed by atoms with van der Waals surface area (Å²) >= 11 is 0. The molecule has 0 aromatic carbocycles. The van der Waals surface area contributed by atoms with E-state index >= 15 is 0 Å². The molecule has 1 N–H and O–H groups in total. The highest BCUT2D eigenvalue weighted by Gasteiger charge is 2.51. The third-order valence-electron chi connectivity index (χ3n) is 4.56. The Morgan fingerprint density at radius 3 is 2.83 bits per heavy atom. The molecule has 1 saturated carbocycles. The minimum absolute atomic E-state index is 0.415. The summed E-state index contributed by atoms with van der Waals surface area (Å²) < 4.78 is 0. The van der Waals surface area contributed by atoms with Gasteiger partial charge in [0.1, 0.15) is 0 Å². The number of aromatic nitrogens is 1. The first-order chi connectivity index (χ1) is 8.62. The lowest BCUT2D eigenvalue weighted by atomic mass is 9.92. The molecule has 2 heterocycles. The first kappa shape index (κ1) is 11.7. The highest BCUT2D eigenvalue weighted by atomic mass is 16.4. The Hall–Kier alpha value is -1.42. The highest BCUT2D eigenvalue weighted by Crippen LogP contribution is 2.44. The molecule has 18 heavy (non-hydrogen) atoms. The Kier molecular flexibility index (Phi) is 2.63. The van der Waals surface area contributed by atoms with Crippen molar-refractivity contribution < 1.29 is 9.90 Å². The molecule has 1 aromatic heterocycles. The molecule has 0 amide bonds. The average molecular weight is 246 g/mol. The smallest absolute Gasteiger partial charge is 0.330 e. The van der Waals surface area contributed by atoms with E-state index in [1.165, 1.54) is 6.42 Å². The van der Waals surface area contributed by atoms with Crippen LogP contribution in [0.3, 0.4) is 0 Å². The summed E-state index contributed by atoms with van der Waals surface area (Å²) in [5.41, 5.74) is -0.341. The monoisotopic (exact) mass is 246 g/mol. The van der Waals surface area contributed by atoms with Gasteiger partial charge in [-0.3, -0.25) is 9.88 Å². The molecular formula is C14H18N2O2. The third kappa shape index (κ3) is 1.56. The molecule has 4 heteroatoms. The van der Waals surface area contributed by atoms with Crippen molar-refractivity contribution in [3.8, 4) is 0 Å². The fourth-order valence-electron chi connectivity index (χ4n) is 3.50. The molecule has 3 unspecified atom stereocenters. The minimum Gasteiger partial charge on any atom is -0.480 e. The van der Waals surface area contributed by atoms with Crippen LogP contribution < -0.4 is 0 Å². The van der Waals surface area contributed by atoms with Crippen molar-refractivity contribution in [1.29, 1.82) is 0 Å². The zero-order chi connectivity index (χ0) is 12.8. The topological polar surface area (TPSA) is 53.4 Å². The molecule has 1 aliphatic carbocycles. The molecule has 3 atom stereocenters. The number of aliphatic carboxylic acids is 1. The van der Waals surface area contributed by atoms with E-state index in [0.29, 0.717) is 17.7 Å². The van der Waals surface area contributed by atoms with Crippen molar-refractivity contribution in [3.63, 3.8) is 0 Å². The molecule has 2 fully saturated rings. The fraction of sp³-hybridized carbons (Fsp3) is 0.571. The number of hydrogen-bond acceptors (Lipinski definition) is 3. The van der Waals surface area contributed by atoms with Gasteiger partial charge >= 0.3 is 5.97 Å². The minimum atomic E-state index is -0.985. The number of carboxylic acids is 1. The van der Waals surface area contributed by atoms with Gasteiger partial charge in [0.2, 0.25) is 0 Å². The van der Waals surface area contributed by atoms with Crippen molar-refractivity contribution in [3.05, 3.63) is 30.1 Å². The van der Waals surface area contributed by atoms with Gasteiger partial charge in [-0.1, -0.05) is 6.07 Å². The summed E-state index contributed by atoms with van der Waals surface area (Å²) in [5, 5.41) is 9.69. The van der Waals surface area contributed by atoms with E-state index in [1.807, 2.05) is 18.2 Å². The van der Waals surface area contributed by atoms with Crippen LogP contribution in [0.4, 0.5) is 0 Å². The highest BCUT2D eigenvalue weighted by molar-refractivity contribution is 5.79. The lowest BCUT2D eigenvalue weighted by Gasteiger charge is -2.40. The van der Waals surface area contributed by atoms with Crippen LogP contribution in [0, 0.1) is 5.92 Å². The Labute approximate surface area is 107 Å². The number of hydrogen-bond donors (Lipinski definition) is 1. The van der Waals surface area contributed by atoms with E-state index in [4.69, 9.17) is 0 Å². The zero-order valence-corrected chi connectivity index (χ0v) is 10.5. The Bertz CT molecular complexity index is 462. The van der Waals surface area contributed by atoms with Gasteiger partial charge < -0.3 is 5.11 Å². The SMILES string of the molecule is CC(C(=O)O)(c1ccccn1)N1CC2CCC1C2. The predicted molar refractivity (Wildman–Crippen MR) is 67.1 cm³/mol.